The molecular formula is C11H16N6. The van der Waals surface area contributed by atoms with Crippen LogP contribution in [-0.2, 0) is 6.42 Å². The van der Waals surface area contributed by atoms with Gasteiger partial charge in [-0.1, -0.05) is 6.92 Å². The van der Waals surface area contributed by atoms with Gasteiger partial charge in [0.05, 0.1) is 0 Å². The zero-order valence-electron chi connectivity index (χ0n) is 10.5. The van der Waals surface area contributed by atoms with Gasteiger partial charge in [-0.15, -0.1) is 5.10 Å². The lowest BCUT2D eigenvalue weighted by atomic mass is 10.4. The monoisotopic (exact) mass is 232 g/mol. The second-order valence-corrected chi connectivity index (χ2v) is 3.75. The first kappa shape index (κ1) is 11.5. The Hall–Kier alpha value is -1.98. The second kappa shape index (κ2) is 4.48. The average Bonchev–Trinajstić information content (AvgIpc) is 2.67. The van der Waals surface area contributed by atoms with Crippen LogP contribution in [0.3, 0.4) is 0 Å². The van der Waals surface area contributed by atoms with Gasteiger partial charge in [0.25, 0.3) is 0 Å². The molecule has 0 unspecified atom stereocenters. The van der Waals surface area contributed by atoms with Gasteiger partial charge in [-0.2, -0.15) is 4.68 Å². The predicted octanol–water partition coefficient (Wildman–Crippen LogP) is 1.28. The summed E-state index contributed by atoms with van der Waals surface area (Å²) in [6.45, 7) is 5.80. The maximum absolute atomic E-state index is 4.45. The number of nitrogens with zero attached hydrogens (tertiary/aromatic N) is 5. The van der Waals surface area contributed by atoms with Gasteiger partial charge in [0.2, 0.25) is 0 Å². The molecule has 90 valence electrons. The van der Waals surface area contributed by atoms with Crippen LogP contribution >= 0.6 is 0 Å². The van der Waals surface area contributed by atoms with Gasteiger partial charge in [0.1, 0.15) is 23.3 Å². The minimum atomic E-state index is 0.741. The molecule has 2 aromatic heterocycles. The Morgan fingerprint density at radius 1 is 1.24 bits per heavy atom. The lowest BCUT2D eigenvalue weighted by Gasteiger charge is -2.07. The molecular weight excluding hydrogens is 216 g/mol. The summed E-state index contributed by atoms with van der Waals surface area (Å²) in [7, 11) is 1.84. The van der Waals surface area contributed by atoms with Crippen LogP contribution in [0.2, 0.25) is 0 Å². The maximum Gasteiger partial charge on any atom is 0.161 e. The van der Waals surface area contributed by atoms with Gasteiger partial charge in [0, 0.05) is 19.5 Å². The largest absolute Gasteiger partial charge is 0.373 e. The van der Waals surface area contributed by atoms with Gasteiger partial charge in [-0.25, -0.2) is 15.0 Å². The number of aryl methyl sites for hydroxylation is 3. The van der Waals surface area contributed by atoms with Crippen molar-refractivity contribution >= 4 is 5.82 Å². The van der Waals surface area contributed by atoms with E-state index in [1.807, 2.05) is 33.9 Å². The summed E-state index contributed by atoms with van der Waals surface area (Å²) in [5, 5.41) is 7.34. The van der Waals surface area contributed by atoms with Crippen LogP contribution in [-0.4, -0.2) is 31.8 Å². The Bertz CT molecular complexity index is 509. The first-order chi connectivity index (χ1) is 8.13. The lowest BCUT2D eigenvalue weighted by molar-refractivity contribution is 0.782. The molecule has 0 saturated carbocycles. The van der Waals surface area contributed by atoms with Crippen LogP contribution < -0.4 is 5.32 Å². The lowest BCUT2D eigenvalue weighted by Crippen LogP contribution is -2.07. The Balaban J connectivity index is 2.54. The third kappa shape index (κ3) is 2.25. The molecule has 0 spiro atoms. The standard InChI is InChI=1S/C11H16N6/c1-5-9-14-10(12-4)6-11(15-9)17-8(3)13-7(2)16-17/h6H,5H2,1-4H3,(H,12,14,15). The third-order valence-corrected chi connectivity index (χ3v) is 2.42. The fourth-order valence-electron chi connectivity index (χ4n) is 1.62. The molecule has 0 aromatic carbocycles. The maximum atomic E-state index is 4.45. The van der Waals surface area contributed by atoms with Crippen molar-refractivity contribution in [3.8, 4) is 5.82 Å². The van der Waals surface area contributed by atoms with E-state index in [1.54, 1.807) is 4.68 Å². The predicted molar refractivity (Wildman–Crippen MR) is 65.3 cm³/mol. The minimum absolute atomic E-state index is 0.741. The van der Waals surface area contributed by atoms with E-state index < -0.39 is 0 Å². The SMILES string of the molecule is CCc1nc(NC)cc(-n2nc(C)nc2C)n1. The summed E-state index contributed by atoms with van der Waals surface area (Å²) in [6.07, 6.45) is 0.787. The van der Waals surface area contributed by atoms with Crippen molar-refractivity contribution in [3.63, 3.8) is 0 Å². The number of anilines is 1. The Morgan fingerprint density at radius 3 is 2.53 bits per heavy atom. The molecule has 0 aliphatic rings. The Morgan fingerprint density at radius 2 is 2.00 bits per heavy atom. The van der Waals surface area contributed by atoms with E-state index in [9.17, 15) is 0 Å². The Labute approximate surface area is 100 Å². The van der Waals surface area contributed by atoms with Crippen LogP contribution in [0.5, 0.6) is 0 Å². The van der Waals surface area contributed by atoms with Crippen molar-refractivity contribution in [1.29, 1.82) is 0 Å². The highest BCUT2D eigenvalue weighted by atomic mass is 15.4. The van der Waals surface area contributed by atoms with Gasteiger partial charge in [-0.3, -0.25) is 0 Å². The molecule has 6 nitrogen and oxygen atoms in total. The summed E-state index contributed by atoms with van der Waals surface area (Å²) in [6, 6.07) is 1.86. The zero-order valence-corrected chi connectivity index (χ0v) is 10.5. The molecule has 0 aliphatic heterocycles. The van der Waals surface area contributed by atoms with Crippen LogP contribution in [0.4, 0.5) is 5.82 Å². The van der Waals surface area contributed by atoms with Crippen molar-refractivity contribution in [3.05, 3.63) is 23.5 Å². The van der Waals surface area contributed by atoms with E-state index in [-0.39, 0.29) is 0 Å². The van der Waals surface area contributed by atoms with E-state index in [0.29, 0.717) is 0 Å². The molecule has 0 atom stereocenters. The first-order valence-electron chi connectivity index (χ1n) is 5.60. The molecule has 1 N–H and O–H groups in total. The number of hydrogen-bond donors (Lipinski definition) is 1. The summed E-state index contributed by atoms with van der Waals surface area (Å²) in [4.78, 5) is 13.1. The minimum Gasteiger partial charge on any atom is -0.373 e. The normalized spacial score (nSPS) is 10.6. The molecule has 0 aliphatic carbocycles. The average molecular weight is 232 g/mol. The van der Waals surface area contributed by atoms with Crippen molar-refractivity contribution in [2.24, 2.45) is 0 Å². The van der Waals surface area contributed by atoms with E-state index in [0.717, 1.165) is 35.5 Å². The second-order valence-electron chi connectivity index (χ2n) is 3.75. The fraction of sp³-hybridized carbons (Fsp3) is 0.455. The van der Waals surface area contributed by atoms with Gasteiger partial charge in [0.15, 0.2) is 5.82 Å². The van der Waals surface area contributed by atoms with Crippen molar-refractivity contribution < 1.29 is 0 Å². The molecule has 17 heavy (non-hydrogen) atoms. The van der Waals surface area contributed by atoms with E-state index in [2.05, 4.69) is 25.4 Å². The number of hydrogen-bond acceptors (Lipinski definition) is 5. The molecule has 2 aromatic rings. The van der Waals surface area contributed by atoms with Crippen molar-refractivity contribution in [2.75, 3.05) is 12.4 Å². The number of nitrogens with one attached hydrogen (secondary N) is 1. The molecule has 2 heterocycles. The summed E-state index contributed by atoms with van der Waals surface area (Å²) in [5.41, 5.74) is 0. The molecule has 2 rings (SSSR count). The highest BCUT2D eigenvalue weighted by Crippen LogP contribution is 2.12. The molecule has 0 amide bonds. The number of aromatic nitrogens is 5. The summed E-state index contributed by atoms with van der Waals surface area (Å²) >= 11 is 0. The molecule has 6 heteroatoms. The highest BCUT2D eigenvalue weighted by Gasteiger charge is 2.09. The summed E-state index contributed by atoms with van der Waals surface area (Å²) in [5.74, 6) is 3.90. The van der Waals surface area contributed by atoms with Crippen molar-refractivity contribution in [2.45, 2.75) is 27.2 Å². The van der Waals surface area contributed by atoms with E-state index >= 15 is 0 Å². The third-order valence-electron chi connectivity index (χ3n) is 2.42. The molecule has 0 fully saturated rings. The van der Waals surface area contributed by atoms with E-state index in [4.69, 9.17) is 0 Å². The molecule has 0 bridgehead atoms. The first-order valence-corrected chi connectivity index (χ1v) is 5.60. The topological polar surface area (TPSA) is 68.5 Å². The van der Waals surface area contributed by atoms with E-state index in [1.165, 1.54) is 0 Å². The molecule has 0 radical (unpaired) electrons. The van der Waals surface area contributed by atoms with Gasteiger partial charge >= 0.3 is 0 Å². The van der Waals surface area contributed by atoms with Crippen LogP contribution in [0, 0.1) is 13.8 Å². The van der Waals surface area contributed by atoms with Crippen LogP contribution in [0.1, 0.15) is 24.4 Å². The number of rotatable bonds is 3. The fourth-order valence-corrected chi connectivity index (χ4v) is 1.62. The molecule has 0 saturated heterocycles. The van der Waals surface area contributed by atoms with Gasteiger partial charge < -0.3 is 5.32 Å². The smallest absolute Gasteiger partial charge is 0.161 e. The highest BCUT2D eigenvalue weighted by molar-refractivity contribution is 5.41. The van der Waals surface area contributed by atoms with Crippen molar-refractivity contribution in [1.82, 2.24) is 24.7 Å². The quantitative estimate of drug-likeness (QED) is 0.863. The summed E-state index contributed by atoms with van der Waals surface area (Å²) < 4.78 is 1.73. The Kier molecular flexibility index (Phi) is 3.03. The van der Waals surface area contributed by atoms with Gasteiger partial charge in [-0.05, 0) is 13.8 Å². The van der Waals surface area contributed by atoms with Crippen LogP contribution in [0.15, 0.2) is 6.07 Å². The van der Waals surface area contributed by atoms with Crippen LogP contribution in [0.25, 0.3) is 5.82 Å². The zero-order chi connectivity index (χ0) is 12.4.